The molecular weight excluding hydrogens is 322 g/mol. The quantitative estimate of drug-likeness (QED) is 0.779. The summed E-state index contributed by atoms with van der Waals surface area (Å²) in [5.41, 5.74) is 2.41. The highest BCUT2D eigenvalue weighted by Gasteiger charge is 2.09. The summed E-state index contributed by atoms with van der Waals surface area (Å²) in [6, 6.07) is 8.73. The summed E-state index contributed by atoms with van der Waals surface area (Å²) in [5.74, 6) is 0.329. The van der Waals surface area contributed by atoms with E-state index < -0.39 is 0 Å². The number of rotatable bonds is 2. The lowest BCUT2D eigenvalue weighted by Gasteiger charge is -2.04. The lowest BCUT2D eigenvalue weighted by atomic mass is 10.2. The van der Waals surface area contributed by atoms with Crippen LogP contribution in [0.5, 0.6) is 0 Å². The van der Waals surface area contributed by atoms with Gasteiger partial charge in [-0.2, -0.15) is 0 Å². The molecule has 0 bridgehead atoms. The van der Waals surface area contributed by atoms with Gasteiger partial charge in [0.2, 0.25) is 0 Å². The van der Waals surface area contributed by atoms with Crippen molar-refractivity contribution in [3.63, 3.8) is 0 Å². The standard InChI is InChI=1S/C14H10BrN3O2/c1-8-17-12-6-10(3-5-13(12)20-8)18-14(19)11-4-2-9(15)7-16-11/h2-7H,1H3,(H,18,19). The minimum absolute atomic E-state index is 0.267. The van der Waals surface area contributed by atoms with Crippen LogP contribution in [-0.4, -0.2) is 15.9 Å². The van der Waals surface area contributed by atoms with Gasteiger partial charge in [0.1, 0.15) is 11.2 Å². The molecule has 1 amide bonds. The molecule has 0 aliphatic rings. The van der Waals surface area contributed by atoms with Crippen LogP contribution in [0.15, 0.2) is 45.4 Å². The molecule has 0 fully saturated rings. The van der Waals surface area contributed by atoms with Gasteiger partial charge in [0, 0.05) is 23.3 Å². The van der Waals surface area contributed by atoms with E-state index in [-0.39, 0.29) is 5.91 Å². The van der Waals surface area contributed by atoms with Crippen molar-refractivity contribution < 1.29 is 9.21 Å². The first-order valence-corrected chi connectivity index (χ1v) is 6.71. The minimum atomic E-state index is -0.267. The zero-order valence-electron chi connectivity index (χ0n) is 10.6. The van der Waals surface area contributed by atoms with Gasteiger partial charge in [-0.1, -0.05) is 0 Å². The van der Waals surface area contributed by atoms with Crippen LogP contribution >= 0.6 is 15.9 Å². The number of amides is 1. The second kappa shape index (κ2) is 5.05. The van der Waals surface area contributed by atoms with Crippen molar-refractivity contribution in [2.75, 3.05) is 5.32 Å². The van der Waals surface area contributed by atoms with E-state index in [0.29, 0.717) is 28.4 Å². The molecule has 0 unspecified atom stereocenters. The number of aryl methyl sites for hydroxylation is 1. The Morgan fingerprint density at radius 2 is 2.15 bits per heavy atom. The van der Waals surface area contributed by atoms with Gasteiger partial charge in [-0.3, -0.25) is 4.79 Å². The SMILES string of the molecule is Cc1nc2cc(NC(=O)c3ccc(Br)cn3)ccc2o1. The summed E-state index contributed by atoms with van der Waals surface area (Å²) in [6.45, 7) is 1.78. The molecule has 0 saturated carbocycles. The Bertz CT molecular complexity index is 781. The summed E-state index contributed by atoms with van der Waals surface area (Å²) in [4.78, 5) is 20.3. The van der Waals surface area contributed by atoms with Gasteiger partial charge >= 0.3 is 0 Å². The monoisotopic (exact) mass is 331 g/mol. The first-order valence-electron chi connectivity index (χ1n) is 5.92. The van der Waals surface area contributed by atoms with Gasteiger partial charge in [0.15, 0.2) is 11.5 Å². The lowest BCUT2D eigenvalue weighted by molar-refractivity contribution is 0.102. The van der Waals surface area contributed by atoms with E-state index >= 15 is 0 Å². The molecule has 3 rings (SSSR count). The number of oxazole rings is 1. The number of hydrogen-bond acceptors (Lipinski definition) is 4. The van der Waals surface area contributed by atoms with Crippen LogP contribution in [0.3, 0.4) is 0 Å². The molecule has 0 saturated heterocycles. The molecule has 1 aromatic carbocycles. The van der Waals surface area contributed by atoms with Gasteiger partial charge in [0.25, 0.3) is 5.91 Å². The molecule has 3 aromatic rings. The van der Waals surface area contributed by atoms with E-state index in [0.717, 1.165) is 4.47 Å². The van der Waals surface area contributed by atoms with Crippen molar-refractivity contribution in [3.05, 3.63) is 52.6 Å². The summed E-state index contributed by atoms with van der Waals surface area (Å²) in [6.07, 6.45) is 1.58. The second-order valence-electron chi connectivity index (χ2n) is 4.23. The summed E-state index contributed by atoms with van der Waals surface area (Å²) in [7, 11) is 0. The Hall–Kier alpha value is -2.21. The van der Waals surface area contributed by atoms with Gasteiger partial charge in [-0.15, -0.1) is 0 Å². The zero-order chi connectivity index (χ0) is 14.1. The number of benzene rings is 1. The molecule has 20 heavy (non-hydrogen) atoms. The molecule has 6 heteroatoms. The molecule has 1 N–H and O–H groups in total. The number of hydrogen-bond donors (Lipinski definition) is 1. The number of halogens is 1. The lowest BCUT2D eigenvalue weighted by Crippen LogP contribution is -2.13. The van der Waals surface area contributed by atoms with Gasteiger partial charge < -0.3 is 9.73 Å². The first-order chi connectivity index (χ1) is 9.61. The molecule has 2 heterocycles. The van der Waals surface area contributed by atoms with E-state index in [1.165, 1.54) is 0 Å². The number of fused-ring (bicyclic) bond motifs is 1. The van der Waals surface area contributed by atoms with Gasteiger partial charge in [-0.05, 0) is 46.3 Å². The molecule has 5 nitrogen and oxygen atoms in total. The zero-order valence-corrected chi connectivity index (χ0v) is 12.1. The summed E-state index contributed by atoms with van der Waals surface area (Å²) in [5, 5.41) is 2.78. The fraction of sp³-hybridized carbons (Fsp3) is 0.0714. The maximum absolute atomic E-state index is 12.0. The Balaban J connectivity index is 1.84. The highest BCUT2D eigenvalue weighted by atomic mass is 79.9. The topological polar surface area (TPSA) is 68.0 Å². The van der Waals surface area contributed by atoms with Crippen LogP contribution in [-0.2, 0) is 0 Å². The molecule has 0 spiro atoms. The Morgan fingerprint density at radius 1 is 1.30 bits per heavy atom. The summed E-state index contributed by atoms with van der Waals surface area (Å²) < 4.78 is 6.21. The predicted octanol–water partition coefficient (Wildman–Crippen LogP) is 3.55. The molecular formula is C14H10BrN3O2. The number of nitrogens with one attached hydrogen (secondary N) is 1. The minimum Gasteiger partial charge on any atom is -0.441 e. The van der Waals surface area contributed by atoms with E-state index in [4.69, 9.17) is 4.42 Å². The van der Waals surface area contributed by atoms with Gasteiger partial charge in [0.05, 0.1) is 0 Å². The van der Waals surface area contributed by atoms with Crippen LogP contribution in [0.4, 0.5) is 5.69 Å². The fourth-order valence-electron chi connectivity index (χ4n) is 1.83. The summed E-state index contributed by atoms with van der Waals surface area (Å²) >= 11 is 3.28. The number of carbonyl (C=O) groups excluding carboxylic acids is 1. The average molecular weight is 332 g/mol. The number of nitrogens with zero attached hydrogens (tertiary/aromatic N) is 2. The normalized spacial score (nSPS) is 10.7. The molecule has 0 aliphatic heterocycles. The molecule has 100 valence electrons. The van der Waals surface area contributed by atoms with Crippen molar-refractivity contribution in [1.82, 2.24) is 9.97 Å². The van der Waals surface area contributed by atoms with Crippen molar-refractivity contribution in [2.45, 2.75) is 6.92 Å². The smallest absolute Gasteiger partial charge is 0.274 e. The third-order valence-electron chi connectivity index (χ3n) is 2.71. The van der Waals surface area contributed by atoms with Crippen LogP contribution in [0.25, 0.3) is 11.1 Å². The number of aromatic nitrogens is 2. The van der Waals surface area contributed by atoms with E-state index in [2.05, 4.69) is 31.2 Å². The molecule has 2 aromatic heterocycles. The highest BCUT2D eigenvalue weighted by molar-refractivity contribution is 9.10. The highest BCUT2D eigenvalue weighted by Crippen LogP contribution is 2.20. The third kappa shape index (κ3) is 2.55. The van der Waals surface area contributed by atoms with Crippen molar-refractivity contribution in [2.24, 2.45) is 0 Å². The predicted molar refractivity (Wildman–Crippen MR) is 78.6 cm³/mol. The number of pyridine rings is 1. The molecule has 0 radical (unpaired) electrons. The Kier molecular flexibility index (Phi) is 3.23. The van der Waals surface area contributed by atoms with Crippen LogP contribution in [0, 0.1) is 6.92 Å². The van der Waals surface area contributed by atoms with Crippen molar-refractivity contribution in [3.8, 4) is 0 Å². The maximum Gasteiger partial charge on any atom is 0.274 e. The fourth-order valence-corrected chi connectivity index (χ4v) is 2.06. The van der Waals surface area contributed by atoms with Crippen LogP contribution in [0.2, 0.25) is 0 Å². The molecule has 0 atom stereocenters. The largest absolute Gasteiger partial charge is 0.441 e. The van der Waals surface area contributed by atoms with Crippen LogP contribution in [0.1, 0.15) is 16.4 Å². The van der Waals surface area contributed by atoms with Gasteiger partial charge in [-0.25, -0.2) is 9.97 Å². The molecule has 0 aliphatic carbocycles. The first kappa shape index (κ1) is 12.8. The number of carbonyl (C=O) groups is 1. The number of anilines is 1. The van der Waals surface area contributed by atoms with E-state index in [9.17, 15) is 4.79 Å². The second-order valence-corrected chi connectivity index (χ2v) is 5.15. The van der Waals surface area contributed by atoms with Crippen molar-refractivity contribution in [1.29, 1.82) is 0 Å². The van der Waals surface area contributed by atoms with Crippen molar-refractivity contribution >= 4 is 38.6 Å². The average Bonchev–Trinajstić information content (AvgIpc) is 2.78. The van der Waals surface area contributed by atoms with E-state index in [1.54, 1.807) is 43.5 Å². The maximum atomic E-state index is 12.0. The third-order valence-corrected chi connectivity index (χ3v) is 3.18. The Morgan fingerprint density at radius 3 is 2.90 bits per heavy atom. The van der Waals surface area contributed by atoms with Crippen LogP contribution < -0.4 is 5.32 Å². The Labute approximate surface area is 123 Å². The van der Waals surface area contributed by atoms with E-state index in [1.807, 2.05) is 0 Å².